The van der Waals surface area contributed by atoms with Gasteiger partial charge in [-0.2, -0.15) is 0 Å². The number of ether oxygens (including phenoxy) is 11. The molecule has 0 saturated carbocycles. The van der Waals surface area contributed by atoms with Crippen molar-refractivity contribution in [1.29, 1.82) is 0 Å². The Morgan fingerprint density at radius 3 is 1.29 bits per heavy atom. The van der Waals surface area contributed by atoms with Crippen LogP contribution in [0.1, 0.15) is 101 Å². The molecule has 4 unspecified atom stereocenters. The molecule has 0 aliphatic carbocycles. The molecular formula is C105H110FNO15SSi. The van der Waals surface area contributed by atoms with Gasteiger partial charge in [0.05, 0.1) is 88.2 Å². The van der Waals surface area contributed by atoms with E-state index in [9.17, 15) is 4.39 Å². The summed E-state index contributed by atoms with van der Waals surface area (Å²) in [5.74, 6) is -1.44. The fraction of sp³-hybridized carbons (Fsp3) is 0.305. The average Bonchev–Trinajstić information content (AvgIpc) is 0.723. The second kappa shape index (κ2) is 42.5. The molecule has 0 spiro atoms. The molecule has 3 aliphatic heterocycles. The van der Waals surface area contributed by atoms with E-state index in [1.165, 1.54) is 12.1 Å². The summed E-state index contributed by atoms with van der Waals surface area (Å²) in [6, 6.07) is 107. The maximum atomic E-state index is 17.4. The Morgan fingerprint density at radius 2 is 0.823 bits per heavy atom. The molecular weight excluding hydrogens is 1590 g/mol. The molecule has 12 aromatic carbocycles. The second-order valence-electron chi connectivity index (χ2n) is 33.6. The summed E-state index contributed by atoms with van der Waals surface area (Å²) in [6.45, 7) is 11.8. The van der Waals surface area contributed by atoms with E-state index in [2.05, 4.69) is 33.9 Å². The van der Waals surface area contributed by atoms with Crippen molar-refractivity contribution in [3.05, 3.63) is 401 Å². The third-order valence-electron chi connectivity index (χ3n) is 23.8. The molecule has 1 amide bonds. The number of rotatable bonds is 40. The van der Waals surface area contributed by atoms with E-state index < -0.39 is 103 Å². The Balaban J connectivity index is 0.869. The van der Waals surface area contributed by atoms with Crippen LogP contribution in [0, 0.1) is 11.7 Å². The van der Waals surface area contributed by atoms with Crippen LogP contribution >= 0.6 is 0 Å². The van der Waals surface area contributed by atoms with Crippen molar-refractivity contribution in [1.82, 2.24) is 0 Å². The van der Waals surface area contributed by atoms with Crippen LogP contribution in [0.5, 0.6) is 5.75 Å². The van der Waals surface area contributed by atoms with E-state index in [-0.39, 0.29) is 87.5 Å². The molecule has 0 bridgehead atoms. The van der Waals surface area contributed by atoms with Crippen LogP contribution in [-0.4, -0.2) is 103 Å². The minimum Gasteiger partial charge on any atom is -0.489 e. The van der Waals surface area contributed by atoms with Gasteiger partial charge in [0, 0.05) is 5.69 Å². The molecule has 19 heteroatoms. The van der Waals surface area contributed by atoms with Crippen molar-refractivity contribution >= 4 is 29.7 Å². The van der Waals surface area contributed by atoms with Crippen molar-refractivity contribution in [3.8, 4) is 16.9 Å². The Bertz CT molecular complexity index is 5390. The standard InChI is InChI=1S/C105H110FNO15SSi/c1-105(2,3)124(4,5)122-91(83-54-57-86(106)58-55-83)61-60-90-96(107(103(90)108)87-51-31-14-32-52-87)89-59-56-85(84-50-33-53-88(62-84)113-66-77-38-19-8-20-39-77)63-95(89)123(109,110)74-94-98(115-68-79-42-23-10-24-43-79)100(116-69-80-44-25-11-26-45-80)99(93(119-94)73-112-65-76-36-17-7-18-37-76)121-104-102(118-71-82-48-29-13-30-49-82)101(117-70-81-46-27-12-28-47-81)97(114-67-78-40-21-9-22-41-78)92(120-104)72-111-64-75-34-15-6-16-35-75/h6-59,62-63,90-94,96-102,104H,60-61,64-74H2,1-5H3/t90-,91+,92?,93?,94+,96-,97-,98?,99-,100+,101-,102?,104+/m1/s1. The molecule has 642 valence electrons. The fourth-order valence-electron chi connectivity index (χ4n) is 16.2. The first-order valence-corrected chi connectivity index (χ1v) is 47.4. The van der Waals surface area contributed by atoms with Crippen LogP contribution < -0.4 is 9.64 Å². The number of halogens is 1. The molecule has 3 aliphatic rings. The Labute approximate surface area is 730 Å². The van der Waals surface area contributed by atoms with Gasteiger partial charge in [0.25, 0.3) is 0 Å². The van der Waals surface area contributed by atoms with Crippen molar-refractivity contribution in [2.75, 3.05) is 23.9 Å². The van der Waals surface area contributed by atoms with Gasteiger partial charge in [0.2, 0.25) is 5.91 Å². The lowest BCUT2D eigenvalue weighted by molar-refractivity contribution is -0.362. The van der Waals surface area contributed by atoms with Crippen LogP contribution in [-0.2, 0) is 119 Å². The van der Waals surface area contributed by atoms with Gasteiger partial charge in [-0.05, 0) is 140 Å². The first-order valence-electron chi connectivity index (χ1n) is 42.9. The predicted octanol–water partition coefficient (Wildman–Crippen LogP) is 21.3. The number of β-lactam (4-membered cyclic amide) rings is 1. The number of benzene rings is 12. The number of amides is 1. The molecule has 124 heavy (non-hydrogen) atoms. The normalized spacial score (nSPS) is 21.3. The third-order valence-corrected chi connectivity index (χ3v) is 30.0. The van der Waals surface area contributed by atoms with E-state index in [0.29, 0.717) is 41.2 Å². The quantitative estimate of drug-likeness (QED) is 0.0263. The van der Waals surface area contributed by atoms with Crippen LogP contribution in [0.4, 0.5) is 10.1 Å². The van der Waals surface area contributed by atoms with E-state index in [0.717, 1.165) is 50.1 Å². The smallest absolute Gasteiger partial charge is 0.233 e. The lowest BCUT2D eigenvalue weighted by atomic mass is 9.78. The maximum absolute atomic E-state index is 17.4. The lowest BCUT2D eigenvalue weighted by Gasteiger charge is -2.50. The first kappa shape index (κ1) is 88.4. The summed E-state index contributed by atoms with van der Waals surface area (Å²) >= 11 is 0. The predicted molar refractivity (Wildman–Crippen MR) is 481 cm³/mol. The maximum Gasteiger partial charge on any atom is 0.233 e. The zero-order valence-corrected chi connectivity index (χ0v) is 72.7. The molecule has 3 heterocycles. The molecule has 15 rings (SSSR count). The summed E-state index contributed by atoms with van der Waals surface area (Å²) in [6.07, 6.45) is -11.1. The van der Waals surface area contributed by atoms with E-state index in [1.54, 1.807) is 23.1 Å². The van der Waals surface area contributed by atoms with E-state index in [4.69, 9.17) is 56.5 Å². The minimum atomic E-state index is -4.70. The monoisotopic (exact) mass is 1700 g/mol. The molecule has 12 aromatic rings. The van der Waals surface area contributed by atoms with Crippen LogP contribution in [0.2, 0.25) is 18.1 Å². The number of anilines is 1. The summed E-state index contributed by atoms with van der Waals surface area (Å²) in [5.41, 5.74) is 10.1. The van der Waals surface area contributed by atoms with Crippen molar-refractivity contribution in [2.24, 2.45) is 5.92 Å². The van der Waals surface area contributed by atoms with Gasteiger partial charge in [0.1, 0.15) is 73.1 Å². The lowest BCUT2D eigenvalue weighted by Crippen LogP contribution is -2.66. The van der Waals surface area contributed by atoms with Gasteiger partial charge in [-0.25, -0.2) is 12.8 Å². The molecule has 0 N–H and O–H groups in total. The largest absolute Gasteiger partial charge is 0.489 e. The molecule has 16 nitrogen and oxygen atoms in total. The van der Waals surface area contributed by atoms with E-state index >= 15 is 13.2 Å². The van der Waals surface area contributed by atoms with Gasteiger partial charge in [-0.1, -0.05) is 318 Å². The Morgan fingerprint density at radius 1 is 0.419 bits per heavy atom. The van der Waals surface area contributed by atoms with Gasteiger partial charge in [-0.3, -0.25) is 4.79 Å². The number of hydrogen-bond acceptors (Lipinski definition) is 15. The Hall–Kier alpha value is -10.4. The Kier molecular flexibility index (Phi) is 30.3. The van der Waals surface area contributed by atoms with Crippen molar-refractivity contribution in [2.45, 2.75) is 183 Å². The number of carbonyl (C=O) groups is 1. The second-order valence-corrected chi connectivity index (χ2v) is 40.4. The van der Waals surface area contributed by atoms with Gasteiger partial charge in [-0.15, -0.1) is 0 Å². The molecule has 0 aromatic heterocycles. The van der Waals surface area contributed by atoms with Crippen LogP contribution in [0.25, 0.3) is 11.1 Å². The SMILES string of the molecule is CC(C)(C)[Si](C)(C)O[C@@H](CC[C@H]1C(=O)N(c2ccccc2)[C@@H]1c1ccc(-c2cccc(OCc3ccccc3)c2)cc1S(=O)(=O)C[C@@H]1OC(COCc2ccccc2)[C@@H](O[C@@H]2OC(COCc3ccccc3)[C@@H](OCc3ccccc3)[C@@H](OCc3ccccc3)C2OCc2ccccc2)[C@@H](OCc2ccccc2)C1OCc1ccccc1)c1ccc(F)cc1. The minimum absolute atomic E-state index is 0.0108. The summed E-state index contributed by atoms with van der Waals surface area (Å²) in [7, 11) is -7.24. The van der Waals surface area contributed by atoms with E-state index in [1.807, 2.05) is 309 Å². The zero-order valence-electron chi connectivity index (χ0n) is 70.9. The van der Waals surface area contributed by atoms with Crippen molar-refractivity contribution < 1.29 is 74.1 Å². The van der Waals surface area contributed by atoms with Crippen LogP contribution in [0.15, 0.2) is 345 Å². The highest BCUT2D eigenvalue weighted by Gasteiger charge is 2.57. The summed E-state index contributed by atoms with van der Waals surface area (Å²) < 4.78 is 137. The topological polar surface area (TPSA) is 165 Å². The van der Waals surface area contributed by atoms with Gasteiger partial charge >= 0.3 is 0 Å². The highest BCUT2D eigenvalue weighted by atomic mass is 32.2. The zero-order chi connectivity index (χ0) is 85.7. The number of nitrogens with zero attached hydrogens (tertiary/aromatic N) is 1. The van der Waals surface area contributed by atoms with Crippen LogP contribution in [0.3, 0.4) is 0 Å². The fourth-order valence-corrected chi connectivity index (χ4v) is 19.2. The van der Waals surface area contributed by atoms with Gasteiger partial charge < -0.3 is 61.4 Å². The van der Waals surface area contributed by atoms with Gasteiger partial charge in [0.15, 0.2) is 24.4 Å². The number of sulfone groups is 1. The number of para-hydroxylation sites is 1. The first-order chi connectivity index (χ1) is 60.4. The summed E-state index contributed by atoms with van der Waals surface area (Å²) in [5, 5.41) is -0.203. The molecule has 3 saturated heterocycles. The highest BCUT2D eigenvalue weighted by molar-refractivity contribution is 7.91. The molecule has 3 fully saturated rings. The third kappa shape index (κ3) is 23.2. The molecule has 0 radical (unpaired) electrons. The van der Waals surface area contributed by atoms with Crippen molar-refractivity contribution in [3.63, 3.8) is 0 Å². The summed E-state index contributed by atoms with van der Waals surface area (Å²) in [4.78, 5) is 17.3. The highest BCUT2D eigenvalue weighted by Crippen LogP contribution is 2.51. The number of hydrogen-bond donors (Lipinski definition) is 0. The number of carbonyl (C=O) groups excluding carboxylic acids is 1. The average molecular weight is 1710 g/mol. The molecule has 13 atom stereocenters.